The molecule has 116 valence electrons. The summed E-state index contributed by atoms with van der Waals surface area (Å²) in [4.78, 5) is 26.5. The van der Waals surface area contributed by atoms with E-state index in [1.807, 2.05) is 6.92 Å². The minimum absolute atomic E-state index is 0.109. The van der Waals surface area contributed by atoms with E-state index < -0.39 is 6.04 Å². The fraction of sp³-hybridized carbons (Fsp3) is 0.667. The van der Waals surface area contributed by atoms with Crippen molar-refractivity contribution in [2.24, 2.45) is 0 Å². The van der Waals surface area contributed by atoms with Crippen LogP contribution in [-0.2, 0) is 9.53 Å². The molecule has 0 bridgehead atoms. The lowest BCUT2D eigenvalue weighted by molar-refractivity contribution is -0.124. The maximum atomic E-state index is 12.1. The van der Waals surface area contributed by atoms with E-state index in [0.717, 1.165) is 0 Å². The highest BCUT2D eigenvalue weighted by atomic mass is 16.5. The molecule has 1 fully saturated rings. The van der Waals surface area contributed by atoms with Crippen LogP contribution in [0.4, 0.5) is 11.9 Å². The van der Waals surface area contributed by atoms with Crippen LogP contribution >= 0.6 is 0 Å². The van der Waals surface area contributed by atoms with Gasteiger partial charge in [-0.25, -0.2) is 0 Å². The SMILES string of the molecule is CCNC(=O)C1COCCN1c1nc(NC)nc(OC)n1. The van der Waals surface area contributed by atoms with E-state index in [0.29, 0.717) is 38.2 Å². The van der Waals surface area contributed by atoms with Crippen LogP contribution in [0.25, 0.3) is 0 Å². The minimum Gasteiger partial charge on any atom is -0.467 e. The molecule has 1 unspecified atom stereocenters. The third-order valence-electron chi connectivity index (χ3n) is 3.05. The number of hydrogen-bond acceptors (Lipinski definition) is 8. The topological polar surface area (TPSA) is 102 Å². The maximum Gasteiger partial charge on any atom is 0.322 e. The summed E-state index contributed by atoms with van der Waals surface area (Å²) >= 11 is 0. The number of ether oxygens (including phenoxy) is 2. The Morgan fingerprint density at radius 3 is 2.95 bits per heavy atom. The summed E-state index contributed by atoms with van der Waals surface area (Å²) < 4.78 is 10.5. The lowest BCUT2D eigenvalue weighted by Crippen LogP contribution is -2.54. The van der Waals surface area contributed by atoms with Gasteiger partial charge in [0.05, 0.1) is 20.3 Å². The van der Waals surface area contributed by atoms with E-state index in [4.69, 9.17) is 9.47 Å². The van der Waals surface area contributed by atoms with Crippen molar-refractivity contribution in [1.82, 2.24) is 20.3 Å². The number of aromatic nitrogens is 3. The van der Waals surface area contributed by atoms with Crippen molar-refractivity contribution in [3.8, 4) is 6.01 Å². The number of nitrogens with one attached hydrogen (secondary N) is 2. The van der Waals surface area contributed by atoms with E-state index >= 15 is 0 Å². The first kappa shape index (κ1) is 15.2. The smallest absolute Gasteiger partial charge is 0.322 e. The molecule has 0 radical (unpaired) electrons. The number of anilines is 2. The summed E-state index contributed by atoms with van der Waals surface area (Å²) in [7, 11) is 3.19. The molecule has 9 nitrogen and oxygen atoms in total. The molecule has 1 saturated heterocycles. The van der Waals surface area contributed by atoms with Gasteiger partial charge in [0, 0.05) is 20.1 Å². The van der Waals surface area contributed by atoms with Crippen LogP contribution < -0.4 is 20.3 Å². The van der Waals surface area contributed by atoms with Crippen molar-refractivity contribution in [1.29, 1.82) is 0 Å². The van der Waals surface area contributed by atoms with Gasteiger partial charge in [-0.15, -0.1) is 0 Å². The second kappa shape index (κ2) is 7.02. The van der Waals surface area contributed by atoms with Gasteiger partial charge in [-0.1, -0.05) is 0 Å². The Morgan fingerprint density at radius 1 is 1.48 bits per heavy atom. The van der Waals surface area contributed by atoms with Crippen molar-refractivity contribution >= 4 is 17.8 Å². The van der Waals surface area contributed by atoms with E-state index in [1.165, 1.54) is 7.11 Å². The Labute approximate surface area is 123 Å². The highest BCUT2D eigenvalue weighted by molar-refractivity contribution is 5.85. The van der Waals surface area contributed by atoms with Gasteiger partial charge in [-0.05, 0) is 6.92 Å². The zero-order valence-corrected chi connectivity index (χ0v) is 12.4. The standard InChI is InChI=1S/C12H20N6O3/c1-4-14-9(19)8-7-21-6-5-18(8)11-15-10(13-2)16-12(17-11)20-3/h8H,4-7H2,1-3H3,(H,14,19)(H,13,15,16,17). The number of carbonyl (C=O) groups excluding carboxylic acids is 1. The summed E-state index contributed by atoms with van der Waals surface area (Å²) in [6.45, 7) is 3.77. The number of hydrogen-bond donors (Lipinski definition) is 2. The number of carbonyl (C=O) groups is 1. The van der Waals surface area contributed by atoms with Gasteiger partial charge in [-0.2, -0.15) is 15.0 Å². The summed E-state index contributed by atoms with van der Waals surface area (Å²) in [6.07, 6.45) is 0. The van der Waals surface area contributed by atoms with Crippen LogP contribution in [0.5, 0.6) is 6.01 Å². The Hall–Kier alpha value is -2.16. The molecule has 0 aromatic carbocycles. The van der Waals surface area contributed by atoms with Crippen LogP contribution in [0, 0.1) is 0 Å². The van der Waals surface area contributed by atoms with Crippen LogP contribution in [0.15, 0.2) is 0 Å². The van der Waals surface area contributed by atoms with Gasteiger partial charge in [0.2, 0.25) is 17.8 Å². The molecule has 1 aliphatic heterocycles. The third-order valence-corrected chi connectivity index (χ3v) is 3.05. The molecule has 1 atom stereocenters. The predicted molar refractivity (Wildman–Crippen MR) is 76.6 cm³/mol. The van der Waals surface area contributed by atoms with Gasteiger partial charge in [0.25, 0.3) is 0 Å². The van der Waals surface area contributed by atoms with Gasteiger partial charge in [0.1, 0.15) is 6.04 Å². The first-order chi connectivity index (χ1) is 10.2. The van der Waals surface area contributed by atoms with Crippen molar-refractivity contribution in [3.63, 3.8) is 0 Å². The molecule has 1 amide bonds. The molecule has 2 N–H and O–H groups in total. The number of morpholine rings is 1. The van der Waals surface area contributed by atoms with E-state index in [-0.39, 0.29) is 11.9 Å². The highest BCUT2D eigenvalue weighted by Gasteiger charge is 2.31. The first-order valence-electron chi connectivity index (χ1n) is 6.79. The molecule has 0 aliphatic carbocycles. The predicted octanol–water partition coefficient (Wildman–Crippen LogP) is -0.737. The number of nitrogens with zero attached hydrogens (tertiary/aromatic N) is 4. The molecule has 2 rings (SSSR count). The average Bonchev–Trinajstić information content (AvgIpc) is 2.54. The number of rotatable bonds is 5. The largest absolute Gasteiger partial charge is 0.467 e. The number of likely N-dealkylation sites (N-methyl/N-ethyl adjacent to an activating group) is 1. The Balaban J connectivity index is 2.30. The van der Waals surface area contributed by atoms with Gasteiger partial charge < -0.3 is 25.0 Å². The van der Waals surface area contributed by atoms with Crippen LogP contribution in [0.3, 0.4) is 0 Å². The second-order valence-corrected chi connectivity index (χ2v) is 4.37. The summed E-state index contributed by atoms with van der Waals surface area (Å²) in [5.74, 6) is 0.673. The number of amides is 1. The first-order valence-corrected chi connectivity index (χ1v) is 6.79. The average molecular weight is 296 g/mol. The van der Waals surface area contributed by atoms with Crippen LogP contribution in [-0.4, -0.2) is 67.4 Å². The fourth-order valence-electron chi connectivity index (χ4n) is 2.03. The molecule has 9 heteroatoms. The van der Waals surface area contributed by atoms with Gasteiger partial charge in [-0.3, -0.25) is 4.79 Å². The van der Waals surface area contributed by atoms with Crippen molar-refractivity contribution in [3.05, 3.63) is 0 Å². The van der Waals surface area contributed by atoms with Gasteiger partial charge in [0.15, 0.2) is 0 Å². The zero-order valence-electron chi connectivity index (χ0n) is 12.4. The molecule has 1 aromatic heterocycles. The van der Waals surface area contributed by atoms with Crippen molar-refractivity contribution in [2.75, 3.05) is 50.7 Å². The zero-order chi connectivity index (χ0) is 15.2. The Kier molecular flexibility index (Phi) is 5.09. The lowest BCUT2D eigenvalue weighted by atomic mass is 10.2. The highest BCUT2D eigenvalue weighted by Crippen LogP contribution is 2.19. The molecule has 0 saturated carbocycles. The minimum atomic E-state index is -0.462. The maximum absolute atomic E-state index is 12.1. The molecule has 21 heavy (non-hydrogen) atoms. The molecular formula is C12H20N6O3. The molecule has 2 heterocycles. The fourth-order valence-corrected chi connectivity index (χ4v) is 2.03. The molecular weight excluding hydrogens is 276 g/mol. The Morgan fingerprint density at radius 2 is 2.29 bits per heavy atom. The Bertz CT molecular complexity index is 476. The normalized spacial score (nSPS) is 18.2. The quantitative estimate of drug-likeness (QED) is 0.733. The monoisotopic (exact) mass is 296 g/mol. The van der Waals surface area contributed by atoms with Gasteiger partial charge >= 0.3 is 6.01 Å². The molecule has 1 aromatic rings. The summed E-state index contributed by atoms with van der Waals surface area (Å²) in [6, 6.07) is -0.263. The second-order valence-electron chi connectivity index (χ2n) is 4.37. The number of methoxy groups -OCH3 is 1. The van der Waals surface area contributed by atoms with Crippen molar-refractivity contribution in [2.45, 2.75) is 13.0 Å². The van der Waals surface area contributed by atoms with Crippen molar-refractivity contribution < 1.29 is 14.3 Å². The third kappa shape index (κ3) is 3.48. The summed E-state index contributed by atoms with van der Waals surface area (Å²) in [5.41, 5.74) is 0. The van der Waals surface area contributed by atoms with E-state index in [9.17, 15) is 4.79 Å². The lowest BCUT2D eigenvalue weighted by Gasteiger charge is -2.34. The molecule has 1 aliphatic rings. The van der Waals surface area contributed by atoms with Crippen LogP contribution in [0.1, 0.15) is 6.92 Å². The van der Waals surface area contributed by atoms with E-state index in [2.05, 4.69) is 25.6 Å². The summed E-state index contributed by atoms with van der Waals surface area (Å²) in [5, 5.41) is 5.64. The van der Waals surface area contributed by atoms with E-state index in [1.54, 1.807) is 11.9 Å². The molecule has 0 spiro atoms. The van der Waals surface area contributed by atoms with Crippen LogP contribution in [0.2, 0.25) is 0 Å².